The molecule has 4 heteroatoms. The summed E-state index contributed by atoms with van der Waals surface area (Å²) in [6, 6.07) is 4.98. The summed E-state index contributed by atoms with van der Waals surface area (Å²) in [7, 11) is 0. The average Bonchev–Trinajstić information content (AvgIpc) is 2.65. The van der Waals surface area contributed by atoms with E-state index in [4.69, 9.17) is 10.8 Å². The number of benzene rings is 1. The van der Waals surface area contributed by atoms with Crippen LogP contribution in [-0.4, -0.2) is 24.2 Å². The Labute approximate surface area is 120 Å². The van der Waals surface area contributed by atoms with Crippen molar-refractivity contribution in [1.29, 1.82) is 0 Å². The van der Waals surface area contributed by atoms with Gasteiger partial charge in [0.05, 0.1) is 16.9 Å². The lowest BCUT2D eigenvalue weighted by atomic mass is 9.96. The fourth-order valence-electron chi connectivity index (χ4n) is 3.05. The molecule has 1 fully saturated rings. The van der Waals surface area contributed by atoms with Crippen LogP contribution < -0.4 is 10.6 Å². The zero-order valence-corrected chi connectivity index (χ0v) is 12.1. The molecule has 4 nitrogen and oxygen atoms in total. The van der Waals surface area contributed by atoms with Crippen LogP contribution in [0.25, 0.3) is 0 Å². The molecular weight excluding hydrogens is 252 g/mol. The van der Waals surface area contributed by atoms with Gasteiger partial charge in [0, 0.05) is 13.1 Å². The van der Waals surface area contributed by atoms with Crippen molar-refractivity contribution in [2.45, 2.75) is 39.0 Å². The Balaban J connectivity index is 2.14. The molecule has 1 heterocycles. The van der Waals surface area contributed by atoms with E-state index >= 15 is 0 Å². The minimum absolute atomic E-state index is 0.309. The summed E-state index contributed by atoms with van der Waals surface area (Å²) in [5, 5.41) is 9.11. The fraction of sp³-hybridized carbons (Fsp3) is 0.562. The molecule has 0 bridgehead atoms. The summed E-state index contributed by atoms with van der Waals surface area (Å²) in [6.45, 7) is 4.17. The lowest BCUT2D eigenvalue weighted by Gasteiger charge is -2.24. The Morgan fingerprint density at radius 3 is 2.90 bits per heavy atom. The quantitative estimate of drug-likeness (QED) is 0.827. The summed E-state index contributed by atoms with van der Waals surface area (Å²) in [5.74, 6) is -0.0983. The summed E-state index contributed by atoms with van der Waals surface area (Å²) < 4.78 is 0. The van der Waals surface area contributed by atoms with Crippen LogP contribution in [-0.2, 0) is 0 Å². The molecule has 0 saturated carbocycles. The number of carboxylic acids is 1. The van der Waals surface area contributed by atoms with E-state index in [9.17, 15) is 4.79 Å². The van der Waals surface area contributed by atoms with Crippen LogP contribution in [0, 0.1) is 5.92 Å². The number of carboxylic acid groups (broad SMARTS) is 1. The van der Waals surface area contributed by atoms with Crippen LogP contribution in [0.1, 0.15) is 49.4 Å². The van der Waals surface area contributed by atoms with Gasteiger partial charge in [0.25, 0.3) is 0 Å². The third kappa shape index (κ3) is 3.44. The standard InChI is InChI=1S/C16H24N2O2/c1-2-4-12-5-3-9-18(10-8-12)15-11-13(16(19)20)6-7-14(15)17/h6-7,11-12H,2-5,8-10,17H2,1H3,(H,19,20). The second-order valence-electron chi connectivity index (χ2n) is 5.65. The van der Waals surface area contributed by atoms with Crippen molar-refractivity contribution in [2.75, 3.05) is 23.7 Å². The molecule has 0 amide bonds. The first-order valence-corrected chi connectivity index (χ1v) is 7.49. The van der Waals surface area contributed by atoms with Crippen LogP contribution in [0.15, 0.2) is 18.2 Å². The third-order valence-electron chi connectivity index (χ3n) is 4.16. The van der Waals surface area contributed by atoms with Gasteiger partial charge in [-0.3, -0.25) is 0 Å². The van der Waals surface area contributed by atoms with Gasteiger partial charge in [-0.2, -0.15) is 0 Å². The molecule has 0 aromatic heterocycles. The van der Waals surface area contributed by atoms with E-state index in [-0.39, 0.29) is 0 Å². The van der Waals surface area contributed by atoms with Gasteiger partial charge >= 0.3 is 5.97 Å². The van der Waals surface area contributed by atoms with Gasteiger partial charge in [0.1, 0.15) is 0 Å². The highest BCUT2D eigenvalue weighted by Gasteiger charge is 2.19. The molecule has 3 N–H and O–H groups in total. The van der Waals surface area contributed by atoms with Crippen LogP contribution >= 0.6 is 0 Å². The number of rotatable bonds is 4. The Bertz CT molecular complexity index is 474. The summed E-state index contributed by atoms with van der Waals surface area (Å²) in [6.07, 6.45) is 6.12. The normalized spacial score (nSPS) is 19.6. The van der Waals surface area contributed by atoms with E-state index in [1.54, 1.807) is 18.2 Å². The first-order chi connectivity index (χ1) is 9.61. The van der Waals surface area contributed by atoms with Gasteiger partial charge in [-0.25, -0.2) is 4.79 Å². The number of anilines is 2. The van der Waals surface area contributed by atoms with Crippen molar-refractivity contribution >= 4 is 17.3 Å². The van der Waals surface area contributed by atoms with Crippen molar-refractivity contribution in [3.05, 3.63) is 23.8 Å². The maximum atomic E-state index is 11.1. The molecule has 0 radical (unpaired) electrons. The monoisotopic (exact) mass is 276 g/mol. The Kier molecular flexibility index (Phi) is 4.88. The fourth-order valence-corrected chi connectivity index (χ4v) is 3.05. The van der Waals surface area contributed by atoms with Crippen LogP contribution in [0.2, 0.25) is 0 Å². The van der Waals surface area contributed by atoms with Gasteiger partial charge in [0.15, 0.2) is 0 Å². The molecular formula is C16H24N2O2. The van der Waals surface area contributed by atoms with E-state index in [1.165, 1.54) is 25.7 Å². The highest BCUT2D eigenvalue weighted by Crippen LogP contribution is 2.29. The zero-order chi connectivity index (χ0) is 14.5. The highest BCUT2D eigenvalue weighted by atomic mass is 16.4. The Morgan fingerprint density at radius 1 is 1.40 bits per heavy atom. The molecule has 0 aliphatic carbocycles. The number of aromatic carboxylic acids is 1. The van der Waals surface area contributed by atoms with Crippen molar-refractivity contribution in [3.8, 4) is 0 Å². The van der Waals surface area contributed by atoms with E-state index < -0.39 is 5.97 Å². The van der Waals surface area contributed by atoms with E-state index in [0.717, 1.165) is 31.1 Å². The topological polar surface area (TPSA) is 66.6 Å². The minimum Gasteiger partial charge on any atom is -0.478 e. The number of nitrogen functional groups attached to an aromatic ring is 1. The zero-order valence-electron chi connectivity index (χ0n) is 12.1. The predicted octanol–water partition coefficient (Wildman–Crippen LogP) is 3.37. The SMILES string of the molecule is CCCC1CCCN(c2cc(C(=O)O)ccc2N)CC1. The highest BCUT2D eigenvalue weighted by molar-refractivity contribution is 5.90. The predicted molar refractivity (Wildman–Crippen MR) is 82.3 cm³/mol. The van der Waals surface area contributed by atoms with Gasteiger partial charge in [-0.15, -0.1) is 0 Å². The lowest BCUT2D eigenvalue weighted by molar-refractivity contribution is 0.0697. The summed E-state index contributed by atoms with van der Waals surface area (Å²) in [5.41, 5.74) is 7.89. The number of carbonyl (C=O) groups is 1. The Morgan fingerprint density at radius 2 is 2.20 bits per heavy atom. The first-order valence-electron chi connectivity index (χ1n) is 7.49. The largest absolute Gasteiger partial charge is 0.478 e. The van der Waals surface area contributed by atoms with E-state index in [2.05, 4.69) is 11.8 Å². The number of nitrogens with zero attached hydrogens (tertiary/aromatic N) is 1. The van der Waals surface area contributed by atoms with Crippen molar-refractivity contribution in [2.24, 2.45) is 5.92 Å². The Hall–Kier alpha value is -1.71. The lowest BCUT2D eigenvalue weighted by Crippen LogP contribution is -2.25. The molecule has 0 spiro atoms. The number of hydrogen-bond donors (Lipinski definition) is 2. The second kappa shape index (κ2) is 6.64. The number of nitrogens with two attached hydrogens (primary N) is 1. The molecule has 1 aliphatic heterocycles. The minimum atomic E-state index is -0.898. The molecule has 20 heavy (non-hydrogen) atoms. The second-order valence-corrected chi connectivity index (χ2v) is 5.65. The van der Waals surface area contributed by atoms with Crippen LogP contribution in [0.3, 0.4) is 0 Å². The molecule has 1 atom stereocenters. The molecule has 2 rings (SSSR count). The summed E-state index contributed by atoms with van der Waals surface area (Å²) >= 11 is 0. The summed E-state index contributed by atoms with van der Waals surface area (Å²) in [4.78, 5) is 13.3. The van der Waals surface area contributed by atoms with Gasteiger partial charge < -0.3 is 15.7 Å². The van der Waals surface area contributed by atoms with Gasteiger partial charge in [-0.05, 0) is 43.4 Å². The van der Waals surface area contributed by atoms with Crippen LogP contribution in [0.4, 0.5) is 11.4 Å². The van der Waals surface area contributed by atoms with E-state index in [1.807, 2.05) is 0 Å². The average molecular weight is 276 g/mol. The van der Waals surface area contributed by atoms with Crippen LogP contribution in [0.5, 0.6) is 0 Å². The van der Waals surface area contributed by atoms with Gasteiger partial charge in [0.2, 0.25) is 0 Å². The molecule has 1 aromatic carbocycles. The molecule has 110 valence electrons. The van der Waals surface area contributed by atoms with Gasteiger partial charge in [-0.1, -0.05) is 19.8 Å². The molecule has 1 unspecified atom stereocenters. The third-order valence-corrected chi connectivity index (χ3v) is 4.16. The molecule has 1 aliphatic rings. The van der Waals surface area contributed by atoms with Crippen molar-refractivity contribution < 1.29 is 9.90 Å². The number of hydrogen-bond acceptors (Lipinski definition) is 3. The van der Waals surface area contributed by atoms with E-state index in [0.29, 0.717) is 11.3 Å². The molecule has 1 aromatic rings. The first kappa shape index (κ1) is 14.7. The molecule has 1 saturated heterocycles. The smallest absolute Gasteiger partial charge is 0.335 e. The maximum Gasteiger partial charge on any atom is 0.335 e. The maximum absolute atomic E-state index is 11.1. The van der Waals surface area contributed by atoms with Crippen molar-refractivity contribution in [3.63, 3.8) is 0 Å². The van der Waals surface area contributed by atoms with Crippen molar-refractivity contribution in [1.82, 2.24) is 0 Å².